The Hall–Kier alpha value is -1.59. The minimum absolute atomic E-state index is 0.0642. The lowest BCUT2D eigenvalue weighted by atomic mass is 10.0. The molecule has 0 unspecified atom stereocenters. The first-order valence-electron chi connectivity index (χ1n) is 26.2. The minimum Gasteiger partial charge on any atom is -0.462 e. The van der Waals surface area contributed by atoms with Crippen LogP contribution in [-0.2, 0) is 28.6 Å². The van der Waals surface area contributed by atoms with Gasteiger partial charge in [0.25, 0.3) is 0 Å². The minimum atomic E-state index is -0.761. The zero-order valence-corrected chi connectivity index (χ0v) is 40.4. The summed E-state index contributed by atoms with van der Waals surface area (Å²) in [6.07, 6.45) is 46.7. The zero-order chi connectivity index (χ0) is 43.3. The Morgan fingerprint density at radius 3 is 0.831 bits per heavy atom. The predicted octanol–water partition coefficient (Wildman–Crippen LogP) is 16.9. The topological polar surface area (TPSA) is 78.9 Å². The van der Waals surface area contributed by atoms with E-state index in [1.807, 2.05) is 0 Å². The summed E-state index contributed by atoms with van der Waals surface area (Å²) in [6.45, 7) is 11.3. The Kier molecular flexibility index (Phi) is 44.7. The second-order valence-electron chi connectivity index (χ2n) is 19.1. The van der Waals surface area contributed by atoms with Crippen molar-refractivity contribution in [2.45, 2.75) is 298 Å². The van der Waals surface area contributed by atoms with Gasteiger partial charge in [0.2, 0.25) is 0 Å². The van der Waals surface area contributed by atoms with Gasteiger partial charge in [-0.1, -0.05) is 253 Å². The van der Waals surface area contributed by atoms with Gasteiger partial charge in [0.1, 0.15) is 13.2 Å². The third-order valence-corrected chi connectivity index (χ3v) is 12.0. The molecule has 0 fully saturated rings. The molecule has 0 heterocycles. The summed E-state index contributed by atoms with van der Waals surface area (Å²) in [5.41, 5.74) is 0. The first-order chi connectivity index (χ1) is 28.7. The molecule has 0 N–H and O–H groups in total. The summed E-state index contributed by atoms with van der Waals surface area (Å²) in [7, 11) is 0. The van der Waals surface area contributed by atoms with Crippen molar-refractivity contribution in [1.29, 1.82) is 0 Å². The Morgan fingerprint density at radius 1 is 0.322 bits per heavy atom. The summed E-state index contributed by atoms with van der Waals surface area (Å²) in [5, 5.41) is 0. The highest BCUT2D eigenvalue weighted by molar-refractivity contribution is 5.71. The number of esters is 3. The van der Waals surface area contributed by atoms with E-state index in [9.17, 15) is 14.4 Å². The third kappa shape index (κ3) is 47.3. The molecule has 0 amide bonds. The smallest absolute Gasteiger partial charge is 0.306 e. The first kappa shape index (κ1) is 57.4. The van der Waals surface area contributed by atoms with Crippen LogP contribution in [0, 0.1) is 11.8 Å². The molecule has 0 bridgehead atoms. The van der Waals surface area contributed by atoms with Crippen LogP contribution in [0.2, 0.25) is 0 Å². The molecule has 0 aliphatic heterocycles. The third-order valence-electron chi connectivity index (χ3n) is 12.0. The Bertz CT molecular complexity index is 900. The Balaban J connectivity index is 4.22. The SMILES string of the molecule is CCCCCCCCCCCCCCC(=O)OC[C@@H](COC(=O)CCCCCCCCCCCCCCCCCCC(C)C)OC(=O)CCCCCCCCCC(C)C. The number of hydrogen-bond acceptors (Lipinski definition) is 6. The molecule has 1 atom stereocenters. The second kappa shape index (κ2) is 45.9. The number of carbonyl (C=O) groups is 3. The van der Waals surface area contributed by atoms with Gasteiger partial charge < -0.3 is 14.2 Å². The molecular weight excluding hydrogens is 733 g/mol. The molecule has 0 radical (unpaired) electrons. The molecule has 6 nitrogen and oxygen atoms in total. The van der Waals surface area contributed by atoms with Crippen molar-refractivity contribution in [2.75, 3.05) is 13.2 Å². The van der Waals surface area contributed by atoms with Gasteiger partial charge >= 0.3 is 17.9 Å². The predicted molar refractivity (Wildman–Crippen MR) is 252 cm³/mol. The molecule has 0 aromatic heterocycles. The van der Waals surface area contributed by atoms with E-state index in [1.165, 1.54) is 180 Å². The van der Waals surface area contributed by atoms with Gasteiger partial charge in [-0.2, -0.15) is 0 Å². The number of ether oxygens (including phenoxy) is 3. The van der Waals surface area contributed by atoms with Crippen molar-refractivity contribution < 1.29 is 28.6 Å². The largest absolute Gasteiger partial charge is 0.462 e. The van der Waals surface area contributed by atoms with E-state index in [0.717, 1.165) is 69.6 Å². The van der Waals surface area contributed by atoms with Crippen LogP contribution in [0.4, 0.5) is 0 Å². The fraction of sp³-hybridized carbons (Fsp3) is 0.943. The highest BCUT2D eigenvalue weighted by Gasteiger charge is 2.19. The van der Waals surface area contributed by atoms with Gasteiger partial charge in [-0.25, -0.2) is 0 Å². The normalized spacial score (nSPS) is 12.1. The molecule has 0 rings (SSSR count). The Morgan fingerprint density at radius 2 is 0.559 bits per heavy atom. The summed E-state index contributed by atoms with van der Waals surface area (Å²) >= 11 is 0. The lowest BCUT2D eigenvalue weighted by Gasteiger charge is -2.18. The lowest BCUT2D eigenvalue weighted by Crippen LogP contribution is -2.30. The number of hydrogen-bond donors (Lipinski definition) is 0. The molecule has 0 aromatic carbocycles. The van der Waals surface area contributed by atoms with Crippen LogP contribution >= 0.6 is 0 Å². The maximum atomic E-state index is 12.7. The van der Waals surface area contributed by atoms with Gasteiger partial charge in [0.05, 0.1) is 0 Å². The summed E-state index contributed by atoms with van der Waals surface area (Å²) < 4.78 is 16.8. The second-order valence-corrected chi connectivity index (χ2v) is 19.1. The van der Waals surface area contributed by atoms with Gasteiger partial charge in [-0.15, -0.1) is 0 Å². The molecule has 0 saturated carbocycles. The number of rotatable bonds is 47. The van der Waals surface area contributed by atoms with Gasteiger partial charge in [0, 0.05) is 19.3 Å². The molecule has 6 heteroatoms. The van der Waals surface area contributed by atoms with Crippen LogP contribution in [0.1, 0.15) is 291 Å². The van der Waals surface area contributed by atoms with Crippen LogP contribution < -0.4 is 0 Å². The fourth-order valence-electron chi connectivity index (χ4n) is 7.99. The number of carbonyl (C=O) groups excluding carboxylic acids is 3. The van der Waals surface area contributed by atoms with E-state index in [-0.39, 0.29) is 31.1 Å². The number of unbranched alkanes of at least 4 members (excludes halogenated alkanes) is 32. The van der Waals surface area contributed by atoms with Crippen molar-refractivity contribution in [2.24, 2.45) is 11.8 Å². The highest BCUT2D eigenvalue weighted by Crippen LogP contribution is 2.17. The zero-order valence-electron chi connectivity index (χ0n) is 40.4. The van der Waals surface area contributed by atoms with Crippen molar-refractivity contribution in [3.63, 3.8) is 0 Å². The fourth-order valence-corrected chi connectivity index (χ4v) is 7.99. The van der Waals surface area contributed by atoms with E-state index < -0.39 is 6.10 Å². The van der Waals surface area contributed by atoms with E-state index in [1.54, 1.807) is 0 Å². The molecule has 0 saturated heterocycles. The first-order valence-corrected chi connectivity index (χ1v) is 26.2. The molecule has 0 aromatic rings. The molecule has 350 valence electrons. The van der Waals surface area contributed by atoms with Gasteiger partial charge in [0.15, 0.2) is 6.10 Å². The molecule has 0 spiro atoms. The monoisotopic (exact) mass is 835 g/mol. The van der Waals surface area contributed by atoms with E-state index in [4.69, 9.17) is 14.2 Å². The quantitative estimate of drug-likeness (QED) is 0.0345. The van der Waals surface area contributed by atoms with E-state index >= 15 is 0 Å². The lowest BCUT2D eigenvalue weighted by molar-refractivity contribution is -0.167. The van der Waals surface area contributed by atoms with Gasteiger partial charge in [-0.05, 0) is 31.1 Å². The highest BCUT2D eigenvalue weighted by atomic mass is 16.6. The van der Waals surface area contributed by atoms with Crippen LogP contribution in [0.3, 0.4) is 0 Å². The average molecular weight is 835 g/mol. The van der Waals surface area contributed by atoms with Crippen molar-refractivity contribution in [1.82, 2.24) is 0 Å². The maximum absolute atomic E-state index is 12.7. The van der Waals surface area contributed by atoms with E-state index in [2.05, 4.69) is 34.6 Å². The van der Waals surface area contributed by atoms with Crippen molar-refractivity contribution >= 4 is 17.9 Å². The summed E-state index contributed by atoms with van der Waals surface area (Å²) in [6, 6.07) is 0. The van der Waals surface area contributed by atoms with Crippen LogP contribution in [0.25, 0.3) is 0 Å². The molecule has 0 aliphatic rings. The molecule has 59 heavy (non-hydrogen) atoms. The molecule has 0 aliphatic carbocycles. The maximum Gasteiger partial charge on any atom is 0.306 e. The van der Waals surface area contributed by atoms with Crippen molar-refractivity contribution in [3.05, 3.63) is 0 Å². The molecular formula is C53H102O6. The van der Waals surface area contributed by atoms with Crippen LogP contribution in [0.5, 0.6) is 0 Å². The van der Waals surface area contributed by atoms with Crippen LogP contribution in [-0.4, -0.2) is 37.2 Å². The standard InChI is InChI=1S/C53H102O6/c1-6-7-8-9-10-11-12-20-23-28-33-38-43-51(54)57-46-50(59-53(56)45-40-35-30-25-27-32-37-42-49(4)5)47-58-52(55)44-39-34-29-24-21-18-16-14-13-15-17-19-22-26-31-36-41-48(2)3/h48-50H,6-47H2,1-5H3/t50-/m0/s1. The summed E-state index contributed by atoms with van der Waals surface area (Å²) in [5.74, 6) is 0.780. The van der Waals surface area contributed by atoms with Crippen LogP contribution in [0.15, 0.2) is 0 Å². The Labute approximate surface area is 368 Å². The van der Waals surface area contributed by atoms with Gasteiger partial charge in [-0.3, -0.25) is 14.4 Å². The van der Waals surface area contributed by atoms with Crippen molar-refractivity contribution in [3.8, 4) is 0 Å². The van der Waals surface area contributed by atoms with E-state index in [0.29, 0.717) is 19.3 Å². The average Bonchev–Trinajstić information content (AvgIpc) is 3.20. The summed E-state index contributed by atoms with van der Waals surface area (Å²) in [4.78, 5) is 37.9.